The first-order valence-corrected chi connectivity index (χ1v) is 14.8. The fraction of sp³-hybridized carbons (Fsp3) is 0.621. The lowest BCUT2D eigenvalue weighted by molar-refractivity contribution is -0.152. The van der Waals surface area contributed by atoms with Crippen LogP contribution in [0.15, 0.2) is 18.6 Å². The minimum atomic E-state index is -4.92. The number of ketones is 1. The smallest absolute Gasteiger partial charge is 0.433 e. The van der Waals surface area contributed by atoms with Crippen molar-refractivity contribution in [2.45, 2.75) is 84.4 Å². The molecule has 0 radical (unpaired) electrons. The maximum absolute atomic E-state index is 14.5. The van der Waals surface area contributed by atoms with Gasteiger partial charge in [-0.2, -0.15) is 18.3 Å². The summed E-state index contributed by atoms with van der Waals surface area (Å²) < 4.78 is 44.4. The summed E-state index contributed by atoms with van der Waals surface area (Å²) in [6.07, 6.45) is 2.45. The van der Waals surface area contributed by atoms with Crippen molar-refractivity contribution in [3.8, 4) is 0 Å². The average molecular weight is 632 g/mol. The zero-order valence-electron chi connectivity index (χ0n) is 23.8. The first-order chi connectivity index (χ1) is 19.5. The van der Waals surface area contributed by atoms with Crippen molar-refractivity contribution in [3.63, 3.8) is 0 Å². The van der Waals surface area contributed by atoms with E-state index in [0.29, 0.717) is 0 Å². The van der Waals surface area contributed by atoms with Crippen molar-refractivity contribution in [2.75, 3.05) is 13.1 Å². The van der Waals surface area contributed by atoms with Crippen molar-refractivity contribution in [2.24, 2.45) is 16.7 Å². The summed E-state index contributed by atoms with van der Waals surface area (Å²) in [6, 6.07) is -0.722. The minimum Gasteiger partial charge on any atom is -0.481 e. The molecule has 42 heavy (non-hydrogen) atoms. The quantitative estimate of drug-likeness (QED) is 0.306. The van der Waals surface area contributed by atoms with Gasteiger partial charge in [0, 0.05) is 18.9 Å². The number of aromatic nitrogens is 3. The number of nitrogens with zero attached hydrogens (tertiary/aromatic N) is 4. The molecule has 1 N–H and O–H groups in total. The monoisotopic (exact) mass is 630 g/mol. The number of Topliss-reactive ketones (excluding diaryl/α,β-unsaturated/α-hetero) is 1. The van der Waals surface area contributed by atoms with Gasteiger partial charge >= 0.3 is 12.1 Å². The zero-order chi connectivity index (χ0) is 31.0. The zero-order valence-corrected chi connectivity index (χ0v) is 25.3. The van der Waals surface area contributed by atoms with Crippen LogP contribution in [0.3, 0.4) is 0 Å². The number of amides is 1. The number of carbonyl (C=O) groups is 3. The van der Waals surface area contributed by atoms with Crippen LogP contribution in [0.1, 0.15) is 105 Å². The number of carbonyl (C=O) groups excluding carboxylic acids is 2. The molecule has 2 aliphatic carbocycles. The molecule has 2 fully saturated rings. The van der Waals surface area contributed by atoms with E-state index >= 15 is 0 Å². The van der Waals surface area contributed by atoms with Crippen LogP contribution in [0.25, 0.3) is 0 Å². The number of hydrogen-bond donors (Lipinski definition) is 1. The van der Waals surface area contributed by atoms with Crippen LogP contribution in [0.2, 0.25) is 10.0 Å². The normalized spacial score (nSPS) is 23.0. The topological polar surface area (TPSA) is 105 Å². The van der Waals surface area contributed by atoms with E-state index in [-0.39, 0.29) is 59.2 Å². The molecule has 8 nitrogen and oxygen atoms in total. The number of aliphatic carboxylic acids is 1. The Morgan fingerprint density at radius 2 is 1.57 bits per heavy atom. The van der Waals surface area contributed by atoms with Gasteiger partial charge in [0.15, 0.2) is 11.5 Å². The summed E-state index contributed by atoms with van der Waals surface area (Å²) in [5.74, 6) is -2.57. The molecular weight excluding hydrogens is 596 g/mol. The molecule has 2 heterocycles. The Morgan fingerprint density at radius 3 is 2.10 bits per heavy atom. The van der Waals surface area contributed by atoms with Gasteiger partial charge in [0.1, 0.15) is 0 Å². The van der Waals surface area contributed by atoms with Gasteiger partial charge in [0.25, 0.3) is 5.91 Å². The average Bonchev–Trinajstić information content (AvgIpc) is 3.35. The molecule has 0 saturated heterocycles. The molecule has 0 unspecified atom stereocenters. The highest BCUT2D eigenvalue weighted by Gasteiger charge is 2.45. The highest BCUT2D eigenvalue weighted by Crippen LogP contribution is 2.44. The van der Waals surface area contributed by atoms with Crippen molar-refractivity contribution in [1.29, 1.82) is 0 Å². The second kappa shape index (κ2) is 12.1. The van der Waals surface area contributed by atoms with Gasteiger partial charge in [-0.1, -0.05) is 37.0 Å². The van der Waals surface area contributed by atoms with Crippen LogP contribution in [0, 0.1) is 16.7 Å². The summed E-state index contributed by atoms with van der Waals surface area (Å²) in [6.45, 7) is 5.44. The van der Waals surface area contributed by atoms with Gasteiger partial charge in [-0.3, -0.25) is 24.0 Å². The lowest BCUT2D eigenvalue weighted by Gasteiger charge is -2.36. The molecule has 230 valence electrons. The van der Waals surface area contributed by atoms with Crippen LogP contribution in [0.4, 0.5) is 13.2 Å². The van der Waals surface area contributed by atoms with E-state index in [0.717, 1.165) is 41.5 Å². The molecule has 4 rings (SSSR count). The number of alkyl halides is 3. The highest BCUT2D eigenvalue weighted by molar-refractivity contribution is 6.39. The van der Waals surface area contributed by atoms with E-state index in [1.165, 1.54) is 12.4 Å². The van der Waals surface area contributed by atoms with E-state index < -0.39 is 53.1 Å². The molecule has 2 saturated carbocycles. The van der Waals surface area contributed by atoms with Gasteiger partial charge in [-0.15, -0.1) is 0 Å². The van der Waals surface area contributed by atoms with Gasteiger partial charge in [-0.05, 0) is 69.6 Å². The lowest BCUT2D eigenvalue weighted by Crippen LogP contribution is -2.41. The van der Waals surface area contributed by atoms with E-state index in [9.17, 15) is 32.7 Å². The number of pyridine rings is 1. The first-order valence-electron chi connectivity index (χ1n) is 14.0. The molecule has 2 aromatic heterocycles. The van der Waals surface area contributed by atoms with Crippen LogP contribution < -0.4 is 0 Å². The van der Waals surface area contributed by atoms with Crippen LogP contribution in [-0.4, -0.2) is 55.5 Å². The SMILES string of the molecule is CC1(C)CCC(CN(CC(=O)c2c(Cl)cncc2Cl)C(=O)c2cnn([C@H]3CC[C@](C)(C(=O)O)CC3)c2C(F)(F)F)CC1. The fourth-order valence-corrected chi connectivity index (χ4v) is 6.62. The second-order valence-electron chi connectivity index (χ2n) is 12.6. The summed E-state index contributed by atoms with van der Waals surface area (Å²) in [5.41, 5.74) is -2.79. The van der Waals surface area contributed by atoms with Crippen molar-refractivity contribution in [1.82, 2.24) is 19.7 Å². The summed E-state index contributed by atoms with van der Waals surface area (Å²) in [5, 5.41) is 13.5. The molecule has 1 amide bonds. The highest BCUT2D eigenvalue weighted by atomic mass is 35.5. The predicted octanol–water partition coefficient (Wildman–Crippen LogP) is 7.35. The lowest BCUT2D eigenvalue weighted by atomic mass is 9.73. The third kappa shape index (κ3) is 6.93. The van der Waals surface area contributed by atoms with Gasteiger partial charge < -0.3 is 10.0 Å². The maximum atomic E-state index is 14.5. The number of halogens is 5. The maximum Gasteiger partial charge on any atom is 0.433 e. The Labute approximate surface area is 252 Å². The van der Waals surface area contributed by atoms with Gasteiger partial charge in [0.05, 0.1) is 45.4 Å². The molecule has 13 heteroatoms. The Balaban J connectivity index is 1.66. The van der Waals surface area contributed by atoms with E-state index in [1.807, 2.05) is 0 Å². The summed E-state index contributed by atoms with van der Waals surface area (Å²) in [4.78, 5) is 43.9. The molecule has 0 spiro atoms. The Bertz CT molecular complexity index is 1320. The summed E-state index contributed by atoms with van der Waals surface area (Å²) in [7, 11) is 0. The summed E-state index contributed by atoms with van der Waals surface area (Å²) >= 11 is 12.3. The number of hydrogen-bond acceptors (Lipinski definition) is 5. The first kappa shape index (κ1) is 32.3. The Kier molecular flexibility index (Phi) is 9.33. The fourth-order valence-electron chi connectivity index (χ4n) is 6.05. The largest absolute Gasteiger partial charge is 0.481 e. The van der Waals surface area contributed by atoms with Gasteiger partial charge in [0.2, 0.25) is 0 Å². The molecule has 0 bridgehead atoms. The molecular formula is C29H35Cl2F3N4O4. The van der Waals surface area contributed by atoms with E-state index in [2.05, 4.69) is 23.9 Å². The third-order valence-electron chi connectivity index (χ3n) is 8.91. The molecule has 2 aromatic rings. The number of rotatable bonds is 8. The van der Waals surface area contributed by atoms with Crippen LogP contribution in [-0.2, 0) is 11.0 Å². The number of carboxylic acids is 1. The predicted molar refractivity (Wildman–Crippen MR) is 151 cm³/mol. The second-order valence-corrected chi connectivity index (χ2v) is 13.5. The molecule has 2 aliphatic rings. The molecule has 0 atom stereocenters. The number of carboxylic acid groups (broad SMARTS) is 1. The van der Waals surface area contributed by atoms with Crippen LogP contribution >= 0.6 is 23.2 Å². The van der Waals surface area contributed by atoms with Crippen LogP contribution in [0.5, 0.6) is 0 Å². The van der Waals surface area contributed by atoms with Crippen molar-refractivity contribution in [3.05, 3.63) is 45.5 Å². The van der Waals surface area contributed by atoms with Crippen molar-refractivity contribution < 1.29 is 32.7 Å². The molecule has 0 aliphatic heterocycles. The Hall–Kier alpha value is -2.66. The minimum absolute atomic E-state index is 0.00502. The van der Waals surface area contributed by atoms with Crippen molar-refractivity contribution >= 4 is 40.9 Å². The Morgan fingerprint density at radius 1 is 1.00 bits per heavy atom. The molecule has 0 aromatic carbocycles. The standard InChI is InChI=1S/C29H35Cl2F3N4O4/c1-27(2)8-4-17(5-9-27)15-37(16-22(39)23-20(30)13-35-14-21(23)31)25(40)19-12-36-38(24(19)29(32,33)34)18-6-10-28(3,11-7-18)26(41)42/h12-14,17-18H,4-11,15-16H2,1-3H3,(H,41,42)/t18-,28-. The van der Waals surface area contributed by atoms with E-state index in [4.69, 9.17) is 23.2 Å². The third-order valence-corrected chi connectivity index (χ3v) is 9.48. The van der Waals surface area contributed by atoms with E-state index in [1.54, 1.807) is 6.92 Å². The van der Waals surface area contributed by atoms with Gasteiger partial charge in [-0.25, -0.2) is 0 Å².